The van der Waals surface area contributed by atoms with Gasteiger partial charge in [0.25, 0.3) is 0 Å². The molecule has 0 fully saturated rings. The second kappa shape index (κ2) is 9.58. The highest BCUT2D eigenvalue weighted by Gasteiger charge is 2.15. The predicted molar refractivity (Wildman–Crippen MR) is 131 cm³/mol. The molecule has 0 atom stereocenters. The van der Waals surface area contributed by atoms with Gasteiger partial charge in [0, 0.05) is 40.8 Å². The standard InChI is InChI=1S/C28H32N2/c1-7-11-19(4)25(8-2)24-17-28(21(6)30-18-24)26(9-3)23-13-14-27-20(5)29-15-10-12-22(27)16-23/h7-9,11,13-14,16-18,29H,1,5,10,12,15H2,2-4,6H3/b19-11-,25-8+,26-9-. The Morgan fingerprint density at radius 2 is 1.93 bits per heavy atom. The number of nitrogens with one attached hydrogen (secondary N) is 1. The third-order valence-electron chi connectivity index (χ3n) is 5.76. The largest absolute Gasteiger partial charge is 0.385 e. The van der Waals surface area contributed by atoms with Crippen molar-refractivity contribution in [1.82, 2.24) is 10.3 Å². The van der Waals surface area contributed by atoms with E-state index in [2.05, 4.69) is 82.6 Å². The summed E-state index contributed by atoms with van der Waals surface area (Å²) in [5.41, 5.74) is 11.8. The molecule has 0 bridgehead atoms. The van der Waals surface area contributed by atoms with Gasteiger partial charge in [0.15, 0.2) is 0 Å². The van der Waals surface area contributed by atoms with E-state index < -0.39 is 0 Å². The summed E-state index contributed by atoms with van der Waals surface area (Å²) in [7, 11) is 0. The summed E-state index contributed by atoms with van der Waals surface area (Å²) >= 11 is 0. The normalized spacial score (nSPS) is 15.3. The lowest BCUT2D eigenvalue weighted by molar-refractivity contribution is 0.783. The topological polar surface area (TPSA) is 24.9 Å². The van der Waals surface area contributed by atoms with Crippen LogP contribution in [0.2, 0.25) is 0 Å². The Labute approximate surface area is 181 Å². The smallest absolute Gasteiger partial charge is 0.0451 e. The van der Waals surface area contributed by atoms with E-state index >= 15 is 0 Å². The Kier molecular flexibility index (Phi) is 6.89. The molecule has 2 heterocycles. The highest BCUT2D eigenvalue weighted by atomic mass is 14.9. The van der Waals surface area contributed by atoms with E-state index in [0.29, 0.717) is 0 Å². The Balaban J connectivity index is 2.08. The van der Waals surface area contributed by atoms with Gasteiger partial charge in [-0.3, -0.25) is 4.98 Å². The van der Waals surface area contributed by atoms with Crippen molar-refractivity contribution in [2.75, 3.05) is 6.54 Å². The van der Waals surface area contributed by atoms with Crippen molar-refractivity contribution in [3.8, 4) is 0 Å². The molecular formula is C28H32N2. The summed E-state index contributed by atoms with van der Waals surface area (Å²) in [6.45, 7) is 17.4. The first kappa shape index (κ1) is 21.6. The van der Waals surface area contributed by atoms with E-state index in [9.17, 15) is 0 Å². The fourth-order valence-electron chi connectivity index (χ4n) is 4.20. The first-order valence-corrected chi connectivity index (χ1v) is 10.7. The van der Waals surface area contributed by atoms with Gasteiger partial charge in [0.2, 0.25) is 0 Å². The van der Waals surface area contributed by atoms with Crippen molar-refractivity contribution < 1.29 is 0 Å². The van der Waals surface area contributed by atoms with E-state index in [1.165, 1.54) is 39.0 Å². The molecule has 0 unspecified atom stereocenters. The van der Waals surface area contributed by atoms with E-state index in [0.717, 1.165) is 36.3 Å². The number of aryl methyl sites for hydroxylation is 2. The van der Waals surface area contributed by atoms with Crippen LogP contribution in [0.15, 0.2) is 73.5 Å². The number of rotatable bonds is 5. The van der Waals surface area contributed by atoms with Crippen LogP contribution < -0.4 is 5.32 Å². The number of benzene rings is 1. The zero-order valence-electron chi connectivity index (χ0n) is 18.7. The van der Waals surface area contributed by atoms with Crippen molar-refractivity contribution in [2.45, 2.75) is 40.5 Å². The first-order valence-electron chi connectivity index (χ1n) is 10.7. The molecule has 1 aliphatic rings. The molecule has 0 saturated heterocycles. The summed E-state index contributed by atoms with van der Waals surface area (Å²) in [6.07, 6.45) is 12.4. The first-order chi connectivity index (χ1) is 14.5. The summed E-state index contributed by atoms with van der Waals surface area (Å²) in [6, 6.07) is 9.00. The Morgan fingerprint density at radius 3 is 2.63 bits per heavy atom. The van der Waals surface area contributed by atoms with Crippen LogP contribution in [0.25, 0.3) is 16.8 Å². The number of fused-ring (bicyclic) bond motifs is 1. The van der Waals surface area contributed by atoms with Crippen molar-refractivity contribution in [1.29, 1.82) is 0 Å². The van der Waals surface area contributed by atoms with E-state index in [4.69, 9.17) is 4.98 Å². The second-order valence-corrected chi connectivity index (χ2v) is 7.73. The van der Waals surface area contributed by atoms with E-state index in [1.54, 1.807) is 0 Å². The number of hydrogen-bond acceptors (Lipinski definition) is 2. The zero-order valence-corrected chi connectivity index (χ0v) is 18.7. The van der Waals surface area contributed by atoms with Gasteiger partial charge in [-0.2, -0.15) is 0 Å². The van der Waals surface area contributed by atoms with Crippen LogP contribution in [0.3, 0.4) is 0 Å². The van der Waals surface area contributed by atoms with Crippen LogP contribution >= 0.6 is 0 Å². The van der Waals surface area contributed by atoms with Crippen LogP contribution in [0, 0.1) is 6.92 Å². The Morgan fingerprint density at radius 1 is 1.13 bits per heavy atom. The maximum atomic E-state index is 4.74. The number of nitrogens with zero attached hydrogens (tertiary/aromatic N) is 1. The van der Waals surface area contributed by atoms with Gasteiger partial charge in [0.1, 0.15) is 0 Å². The van der Waals surface area contributed by atoms with Gasteiger partial charge >= 0.3 is 0 Å². The monoisotopic (exact) mass is 396 g/mol. The minimum absolute atomic E-state index is 0.980. The lowest BCUT2D eigenvalue weighted by atomic mass is 9.90. The summed E-state index contributed by atoms with van der Waals surface area (Å²) in [5, 5.41) is 3.41. The third kappa shape index (κ3) is 4.38. The summed E-state index contributed by atoms with van der Waals surface area (Å²) in [5.74, 6) is 0. The van der Waals surface area contributed by atoms with Gasteiger partial charge in [-0.05, 0) is 74.4 Å². The van der Waals surface area contributed by atoms with Gasteiger partial charge < -0.3 is 5.32 Å². The lowest BCUT2D eigenvalue weighted by Crippen LogP contribution is -2.10. The molecule has 1 aromatic carbocycles. The lowest BCUT2D eigenvalue weighted by Gasteiger charge is -2.16. The molecule has 2 aromatic rings. The molecule has 0 saturated carbocycles. The highest BCUT2D eigenvalue weighted by molar-refractivity contribution is 5.85. The molecule has 1 N–H and O–H groups in total. The van der Waals surface area contributed by atoms with Crippen LogP contribution in [0.4, 0.5) is 0 Å². The number of pyridine rings is 1. The minimum Gasteiger partial charge on any atom is -0.385 e. The molecule has 0 spiro atoms. The molecule has 2 heteroatoms. The molecule has 0 aliphatic carbocycles. The average molecular weight is 397 g/mol. The molecule has 2 nitrogen and oxygen atoms in total. The van der Waals surface area contributed by atoms with Crippen molar-refractivity contribution in [2.24, 2.45) is 0 Å². The molecule has 154 valence electrons. The van der Waals surface area contributed by atoms with Gasteiger partial charge in [-0.1, -0.05) is 55.7 Å². The van der Waals surface area contributed by atoms with Crippen LogP contribution in [0.5, 0.6) is 0 Å². The van der Waals surface area contributed by atoms with Crippen molar-refractivity contribution >= 4 is 16.8 Å². The molecule has 0 radical (unpaired) electrons. The third-order valence-corrected chi connectivity index (χ3v) is 5.76. The Bertz CT molecular complexity index is 1060. The Hall–Kier alpha value is -3.13. The SMILES string of the molecule is C=C/C=C(C)\C(=C/C)c1cnc(C)c(/C(=C\C)c2ccc3c(c2)CCCNC3=C)c1. The van der Waals surface area contributed by atoms with Gasteiger partial charge in [-0.15, -0.1) is 0 Å². The predicted octanol–water partition coefficient (Wildman–Crippen LogP) is 6.88. The van der Waals surface area contributed by atoms with Crippen molar-refractivity contribution in [3.05, 3.63) is 107 Å². The minimum atomic E-state index is 0.980. The number of hydrogen-bond donors (Lipinski definition) is 1. The molecular weight excluding hydrogens is 364 g/mol. The summed E-state index contributed by atoms with van der Waals surface area (Å²) < 4.78 is 0. The van der Waals surface area contributed by atoms with E-state index in [1.807, 2.05) is 18.3 Å². The molecule has 1 aromatic heterocycles. The fraction of sp³-hybridized carbons (Fsp3) is 0.250. The van der Waals surface area contributed by atoms with Gasteiger partial charge in [0.05, 0.1) is 0 Å². The van der Waals surface area contributed by atoms with Crippen molar-refractivity contribution in [3.63, 3.8) is 0 Å². The molecule has 1 aliphatic heterocycles. The maximum Gasteiger partial charge on any atom is 0.0451 e. The highest BCUT2D eigenvalue weighted by Crippen LogP contribution is 2.32. The fourth-order valence-corrected chi connectivity index (χ4v) is 4.20. The second-order valence-electron chi connectivity index (χ2n) is 7.73. The average Bonchev–Trinajstić information content (AvgIpc) is 2.92. The number of aromatic nitrogens is 1. The van der Waals surface area contributed by atoms with Crippen LogP contribution in [-0.2, 0) is 6.42 Å². The van der Waals surface area contributed by atoms with Crippen LogP contribution in [0.1, 0.15) is 60.7 Å². The quantitative estimate of drug-likeness (QED) is 0.557. The molecule has 30 heavy (non-hydrogen) atoms. The number of allylic oxidation sites excluding steroid dienone is 6. The zero-order chi connectivity index (χ0) is 21.7. The van der Waals surface area contributed by atoms with Crippen LogP contribution in [-0.4, -0.2) is 11.5 Å². The molecule has 0 amide bonds. The summed E-state index contributed by atoms with van der Waals surface area (Å²) in [4.78, 5) is 4.74. The van der Waals surface area contributed by atoms with E-state index in [-0.39, 0.29) is 0 Å². The molecule has 3 rings (SSSR count). The van der Waals surface area contributed by atoms with Gasteiger partial charge in [-0.25, -0.2) is 0 Å². The maximum absolute atomic E-state index is 4.74.